The molecule has 0 fully saturated rings. The third-order valence-corrected chi connectivity index (χ3v) is 4.27. The van der Waals surface area contributed by atoms with Crippen molar-refractivity contribution in [2.24, 2.45) is 0 Å². The first-order chi connectivity index (χ1) is 9.38. The molecule has 0 aliphatic rings. The molecule has 0 saturated heterocycles. The van der Waals surface area contributed by atoms with E-state index < -0.39 is 10.0 Å². The molecular formula is C13H14ClN3O2S. The zero-order valence-electron chi connectivity index (χ0n) is 11.0. The summed E-state index contributed by atoms with van der Waals surface area (Å²) in [6, 6.07) is 7.23. The van der Waals surface area contributed by atoms with E-state index in [1.54, 1.807) is 12.1 Å². The highest BCUT2D eigenvalue weighted by Crippen LogP contribution is 2.19. The van der Waals surface area contributed by atoms with E-state index in [-0.39, 0.29) is 10.2 Å². The molecule has 1 heterocycles. The number of halogens is 1. The first kappa shape index (κ1) is 14.7. The lowest BCUT2D eigenvalue weighted by Gasteiger charge is -2.09. The third kappa shape index (κ3) is 3.46. The topological polar surface area (TPSA) is 72.0 Å². The molecule has 0 aliphatic carbocycles. The number of nitrogens with zero attached hydrogens (tertiary/aromatic N) is 2. The van der Waals surface area contributed by atoms with E-state index in [0.29, 0.717) is 11.6 Å². The van der Waals surface area contributed by atoms with Crippen LogP contribution in [0.1, 0.15) is 25.3 Å². The molecule has 1 N–H and O–H groups in total. The van der Waals surface area contributed by atoms with Crippen LogP contribution < -0.4 is 4.72 Å². The van der Waals surface area contributed by atoms with Gasteiger partial charge in [0.2, 0.25) is 5.28 Å². The van der Waals surface area contributed by atoms with Crippen LogP contribution in [0, 0.1) is 0 Å². The second kappa shape index (κ2) is 5.76. The molecule has 106 valence electrons. The number of rotatable bonds is 4. The minimum absolute atomic E-state index is 0.00485. The molecule has 7 heteroatoms. The lowest BCUT2D eigenvalue weighted by molar-refractivity contribution is 0.600. The molecule has 0 aliphatic heterocycles. The van der Waals surface area contributed by atoms with Crippen molar-refractivity contribution in [1.29, 1.82) is 0 Å². The van der Waals surface area contributed by atoms with Crippen LogP contribution in [-0.2, 0) is 10.0 Å². The lowest BCUT2D eigenvalue weighted by atomic mass is 10.0. The van der Waals surface area contributed by atoms with Crippen LogP contribution in [0.2, 0.25) is 5.28 Å². The van der Waals surface area contributed by atoms with Crippen LogP contribution in [0.4, 0.5) is 5.69 Å². The molecular weight excluding hydrogens is 298 g/mol. The largest absolute Gasteiger partial charge is 0.280 e. The average Bonchev–Trinajstić information content (AvgIpc) is 2.39. The molecule has 1 aromatic carbocycles. The number of sulfonamides is 1. The Hall–Kier alpha value is -1.66. The van der Waals surface area contributed by atoms with Gasteiger partial charge in [-0.1, -0.05) is 26.0 Å². The predicted octanol–water partition coefficient (Wildman–Crippen LogP) is 3.05. The molecule has 0 amide bonds. The summed E-state index contributed by atoms with van der Waals surface area (Å²) in [5.74, 6) is 0.394. The minimum Gasteiger partial charge on any atom is -0.280 e. The second-order valence-corrected chi connectivity index (χ2v) is 6.59. The van der Waals surface area contributed by atoms with Crippen LogP contribution in [0.25, 0.3) is 0 Å². The Balaban J connectivity index is 2.22. The molecule has 2 rings (SSSR count). The molecule has 0 atom stereocenters. The van der Waals surface area contributed by atoms with E-state index >= 15 is 0 Å². The van der Waals surface area contributed by atoms with Crippen LogP contribution >= 0.6 is 11.6 Å². The summed E-state index contributed by atoms with van der Waals surface area (Å²) in [4.78, 5) is 7.29. The fourth-order valence-corrected chi connectivity index (χ4v) is 2.63. The molecule has 0 spiro atoms. The van der Waals surface area contributed by atoms with Gasteiger partial charge in [0.05, 0.1) is 12.4 Å². The van der Waals surface area contributed by atoms with Crippen LogP contribution in [0.3, 0.4) is 0 Å². The Morgan fingerprint density at radius 3 is 2.15 bits per heavy atom. The standard InChI is InChI=1S/C13H14ClN3O2S/c1-9(2)10-3-5-11(6-4-10)17-20(18,19)12-7-15-13(14)16-8-12/h3-9,17H,1-2H3. The fraction of sp³-hybridized carbons (Fsp3) is 0.231. The quantitative estimate of drug-likeness (QED) is 0.881. The van der Waals surface area contributed by atoms with Crippen molar-refractivity contribution in [2.75, 3.05) is 4.72 Å². The van der Waals surface area contributed by atoms with E-state index in [9.17, 15) is 8.42 Å². The number of aromatic nitrogens is 2. The summed E-state index contributed by atoms with van der Waals surface area (Å²) >= 11 is 5.53. The third-order valence-electron chi connectivity index (χ3n) is 2.74. The highest BCUT2D eigenvalue weighted by Gasteiger charge is 2.15. The first-order valence-electron chi connectivity index (χ1n) is 5.99. The smallest absolute Gasteiger partial charge is 0.264 e. The minimum atomic E-state index is -3.70. The van der Waals surface area contributed by atoms with Crippen molar-refractivity contribution in [1.82, 2.24) is 9.97 Å². The maximum Gasteiger partial charge on any atom is 0.264 e. The normalized spacial score (nSPS) is 11.6. The molecule has 0 radical (unpaired) electrons. The summed E-state index contributed by atoms with van der Waals surface area (Å²) in [6.45, 7) is 4.15. The van der Waals surface area contributed by atoms with Crippen molar-refractivity contribution in [3.05, 3.63) is 47.5 Å². The number of anilines is 1. The maximum absolute atomic E-state index is 12.1. The lowest BCUT2D eigenvalue weighted by Crippen LogP contribution is -2.13. The van der Waals surface area contributed by atoms with Gasteiger partial charge in [-0.3, -0.25) is 4.72 Å². The van der Waals surface area contributed by atoms with Gasteiger partial charge in [0.15, 0.2) is 0 Å². The van der Waals surface area contributed by atoms with Crippen molar-refractivity contribution < 1.29 is 8.42 Å². The van der Waals surface area contributed by atoms with E-state index in [1.165, 1.54) is 12.4 Å². The highest BCUT2D eigenvalue weighted by molar-refractivity contribution is 7.92. The highest BCUT2D eigenvalue weighted by atomic mass is 35.5. The van der Waals surface area contributed by atoms with Crippen LogP contribution in [0.15, 0.2) is 41.6 Å². The van der Waals surface area contributed by atoms with Crippen molar-refractivity contribution >= 4 is 27.3 Å². The Bertz CT molecular complexity index is 683. The molecule has 0 unspecified atom stereocenters. The summed E-state index contributed by atoms with van der Waals surface area (Å²) in [5.41, 5.74) is 1.63. The van der Waals surface area contributed by atoms with Gasteiger partial charge in [-0.2, -0.15) is 0 Å². The van der Waals surface area contributed by atoms with Gasteiger partial charge >= 0.3 is 0 Å². The zero-order valence-corrected chi connectivity index (χ0v) is 12.6. The van der Waals surface area contributed by atoms with E-state index in [0.717, 1.165) is 5.56 Å². The number of nitrogens with one attached hydrogen (secondary N) is 1. The molecule has 1 aromatic heterocycles. The Morgan fingerprint density at radius 2 is 1.65 bits per heavy atom. The van der Waals surface area contributed by atoms with Crippen LogP contribution in [0.5, 0.6) is 0 Å². The average molecular weight is 312 g/mol. The number of benzene rings is 1. The van der Waals surface area contributed by atoms with Gasteiger partial charge in [-0.05, 0) is 35.2 Å². The van der Waals surface area contributed by atoms with Crippen molar-refractivity contribution in [3.63, 3.8) is 0 Å². The monoisotopic (exact) mass is 311 g/mol. The maximum atomic E-state index is 12.1. The summed E-state index contributed by atoms with van der Waals surface area (Å²) in [7, 11) is -3.70. The molecule has 5 nitrogen and oxygen atoms in total. The molecule has 2 aromatic rings. The van der Waals surface area contributed by atoms with E-state index in [2.05, 4.69) is 28.5 Å². The number of hydrogen-bond acceptors (Lipinski definition) is 4. The predicted molar refractivity (Wildman–Crippen MR) is 78.4 cm³/mol. The second-order valence-electron chi connectivity index (χ2n) is 4.57. The summed E-state index contributed by atoms with van der Waals surface area (Å²) < 4.78 is 26.7. The molecule has 0 bridgehead atoms. The Morgan fingerprint density at radius 1 is 1.10 bits per heavy atom. The van der Waals surface area contributed by atoms with Gasteiger partial charge in [-0.15, -0.1) is 0 Å². The van der Waals surface area contributed by atoms with Gasteiger partial charge in [0, 0.05) is 5.69 Å². The van der Waals surface area contributed by atoms with E-state index in [1.807, 2.05) is 12.1 Å². The molecule has 20 heavy (non-hydrogen) atoms. The fourth-order valence-electron chi connectivity index (χ4n) is 1.59. The van der Waals surface area contributed by atoms with Gasteiger partial charge < -0.3 is 0 Å². The van der Waals surface area contributed by atoms with Gasteiger partial charge in [-0.25, -0.2) is 18.4 Å². The Labute approximate surface area is 123 Å². The van der Waals surface area contributed by atoms with Crippen molar-refractivity contribution in [2.45, 2.75) is 24.7 Å². The van der Waals surface area contributed by atoms with E-state index in [4.69, 9.17) is 11.6 Å². The van der Waals surface area contributed by atoms with Crippen molar-refractivity contribution in [3.8, 4) is 0 Å². The first-order valence-corrected chi connectivity index (χ1v) is 7.85. The van der Waals surface area contributed by atoms with Gasteiger partial charge in [0.1, 0.15) is 4.90 Å². The summed E-state index contributed by atoms with van der Waals surface area (Å²) in [5, 5.41) is 0.00485. The zero-order chi connectivity index (χ0) is 14.8. The molecule has 0 saturated carbocycles. The summed E-state index contributed by atoms with van der Waals surface area (Å²) in [6.07, 6.45) is 2.33. The van der Waals surface area contributed by atoms with Gasteiger partial charge in [0.25, 0.3) is 10.0 Å². The Kier molecular flexibility index (Phi) is 4.25. The van der Waals surface area contributed by atoms with Crippen LogP contribution in [-0.4, -0.2) is 18.4 Å². The number of hydrogen-bond donors (Lipinski definition) is 1. The SMILES string of the molecule is CC(C)c1ccc(NS(=O)(=O)c2cnc(Cl)nc2)cc1.